The maximum atomic E-state index is 13.7. The quantitative estimate of drug-likeness (QED) is 0.629. The third-order valence-electron chi connectivity index (χ3n) is 2.47. The summed E-state index contributed by atoms with van der Waals surface area (Å²) >= 11 is 5.77. The van der Waals surface area contributed by atoms with Crippen molar-refractivity contribution in [3.05, 3.63) is 62.7 Å². The molecule has 5 nitrogen and oxygen atoms in total. The fourth-order valence-electron chi connectivity index (χ4n) is 1.52. The van der Waals surface area contributed by atoms with Crippen LogP contribution in [0.2, 0.25) is 5.02 Å². The monoisotopic (exact) mass is 310 g/mol. The van der Waals surface area contributed by atoms with Crippen LogP contribution in [0, 0.1) is 33.1 Å². The van der Waals surface area contributed by atoms with E-state index in [2.05, 4.69) is 0 Å². The van der Waals surface area contributed by atoms with Crippen LogP contribution in [-0.4, -0.2) is 4.92 Å². The number of halogens is 3. The molecule has 8 heteroatoms. The minimum Gasteiger partial charge on any atom is -0.449 e. The van der Waals surface area contributed by atoms with E-state index in [1.165, 1.54) is 6.07 Å². The standard InChI is InChI=1S/C13H5ClF2N2O3/c14-9-2-1-8(18(19)20)5-12(9)21-13-10(15)3-7(6-17)4-11(13)16/h1-5H. The van der Waals surface area contributed by atoms with Gasteiger partial charge >= 0.3 is 0 Å². The fraction of sp³-hybridized carbons (Fsp3) is 0. The Bertz CT molecular complexity index is 751. The van der Waals surface area contributed by atoms with Crippen molar-refractivity contribution in [2.75, 3.05) is 0 Å². The molecule has 0 atom stereocenters. The predicted molar refractivity (Wildman–Crippen MR) is 69.3 cm³/mol. The summed E-state index contributed by atoms with van der Waals surface area (Å²) in [6, 6.07) is 6.39. The van der Waals surface area contributed by atoms with Gasteiger partial charge in [0, 0.05) is 6.07 Å². The van der Waals surface area contributed by atoms with Crippen LogP contribution in [0.3, 0.4) is 0 Å². The molecular weight excluding hydrogens is 306 g/mol. The first-order valence-electron chi connectivity index (χ1n) is 5.43. The number of nitrogens with zero attached hydrogens (tertiary/aromatic N) is 2. The van der Waals surface area contributed by atoms with Crippen LogP contribution in [0.4, 0.5) is 14.5 Å². The molecule has 0 heterocycles. The van der Waals surface area contributed by atoms with Crippen molar-refractivity contribution in [3.8, 4) is 17.6 Å². The maximum absolute atomic E-state index is 13.7. The second kappa shape index (κ2) is 5.73. The topological polar surface area (TPSA) is 76.2 Å². The molecule has 21 heavy (non-hydrogen) atoms. The molecule has 2 aromatic carbocycles. The normalized spacial score (nSPS) is 10.0. The van der Waals surface area contributed by atoms with Crippen molar-refractivity contribution in [3.63, 3.8) is 0 Å². The van der Waals surface area contributed by atoms with Crippen LogP contribution in [-0.2, 0) is 0 Å². The number of hydrogen-bond donors (Lipinski definition) is 0. The molecule has 0 spiro atoms. The Morgan fingerprint density at radius 3 is 2.38 bits per heavy atom. The second-order valence-corrected chi connectivity index (χ2v) is 4.26. The molecule has 0 bridgehead atoms. The van der Waals surface area contributed by atoms with Gasteiger partial charge in [0.25, 0.3) is 5.69 Å². The van der Waals surface area contributed by atoms with Gasteiger partial charge < -0.3 is 4.74 Å². The van der Waals surface area contributed by atoms with Gasteiger partial charge in [-0.05, 0) is 18.2 Å². The van der Waals surface area contributed by atoms with E-state index in [1.54, 1.807) is 6.07 Å². The Labute approximate surface area is 122 Å². The Kier molecular flexibility index (Phi) is 4.00. The SMILES string of the molecule is N#Cc1cc(F)c(Oc2cc([N+](=O)[O-])ccc2Cl)c(F)c1. The van der Waals surface area contributed by atoms with E-state index in [0.29, 0.717) is 0 Å². The van der Waals surface area contributed by atoms with Gasteiger partial charge in [0.05, 0.1) is 27.6 Å². The highest BCUT2D eigenvalue weighted by molar-refractivity contribution is 6.32. The summed E-state index contributed by atoms with van der Waals surface area (Å²) < 4.78 is 32.3. The summed E-state index contributed by atoms with van der Waals surface area (Å²) in [5.41, 5.74) is -0.564. The number of rotatable bonds is 3. The highest BCUT2D eigenvalue weighted by atomic mass is 35.5. The van der Waals surface area contributed by atoms with E-state index in [9.17, 15) is 18.9 Å². The lowest BCUT2D eigenvalue weighted by Crippen LogP contribution is -1.96. The number of nitriles is 1. The molecule has 0 radical (unpaired) electrons. The number of nitro groups is 1. The number of ether oxygens (including phenoxy) is 1. The average Bonchev–Trinajstić information content (AvgIpc) is 2.44. The van der Waals surface area contributed by atoms with Crippen LogP contribution in [0.25, 0.3) is 0 Å². The number of non-ortho nitro benzene ring substituents is 1. The summed E-state index contributed by atoms with van der Waals surface area (Å²) in [6.07, 6.45) is 0. The lowest BCUT2D eigenvalue weighted by Gasteiger charge is -2.09. The van der Waals surface area contributed by atoms with Gasteiger partial charge in [0.15, 0.2) is 23.1 Å². The molecule has 0 fully saturated rings. The lowest BCUT2D eigenvalue weighted by atomic mass is 10.2. The molecule has 0 N–H and O–H groups in total. The molecule has 2 rings (SSSR count). The van der Waals surface area contributed by atoms with E-state index in [1.807, 2.05) is 0 Å². The molecule has 2 aromatic rings. The minimum absolute atomic E-state index is 0.0521. The first-order chi connectivity index (χ1) is 9.92. The smallest absolute Gasteiger partial charge is 0.273 e. The molecule has 0 saturated heterocycles. The van der Waals surface area contributed by atoms with Crippen LogP contribution in [0.5, 0.6) is 11.5 Å². The molecule has 0 aliphatic rings. The van der Waals surface area contributed by atoms with Gasteiger partial charge in [-0.1, -0.05) is 11.6 Å². The third kappa shape index (κ3) is 3.07. The van der Waals surface area contributed by atoms with Crippen LogP contribution >= 0.6 is 11.6 Å². The van der Waals surface area contributed by atoms with Crippen molar-refractivity contribution >= 4 is 17.3 Å². The van der Waals surface area contributed by atoms with Gasteiger partial charge in [-0.2, -0.15) is 5.26 Å². The first kappa shape index (κ1) is 14.7. The zero-order valence-electron chi connectivity index (χ0n) is 10.1. The molecule has 106 valence electrons. The Hall–Kier alpha value is -2.72. The van der Waals surface area contributed by atoms with Crippen molar-refractivity contribution in [1.29, 1.82) is 5.26 Å². The molecule has 0 aliphatic carbocycles. The van der Waals surface area contributed by atoms with Gasteiger partial charge in [-0.3, -0.25) is 10.1 Å². The van der Waals surface area contributed by atoms with E-state index < -0.39 is 22.3 Å². The number of benzene rings is 2. The summed E-state index contributed by atoms with van der Waals surface area (Å²) in [7, 11) is 0. The number of nitro benzene ring substituents is 1. The summed E-state index contributed by atoms with van der Waals surface area (Å²) in [4.78, 5) is 9.96. The van der Waals surface area contributed by atoms with Crippen LogP contribution < -0.4 is 4.74 Å². The summed E-state index contributed by atoms with van der Waals surface area (Å²) in [5, 5.41) is 19.2. The Morgan fingerprint density at radius 1 is 1.24 bits per heavy atom. The van der Waals surface area contributed by atoms with Crippen LogP contribution in [0.15, 0.2) is 30.3 Å². The molecule has 0 aliphatic heterocycles. The highest BCUT2D eigenvalue weighted by Crippen LogP contribution is 2.35. The largest absolute Gasteiger partial charge is 0.449 e. The predicted octanol–water partition coefficient (Wildman–Crippen LogP) is 4.19. The van der Waals surface area contributed by atoms with Crippen molar-refractivity contribution in [1.82, 2.24) is 0 Å². The Morgan fingerprint density at radius 2 is 1.86 bits per heavy atom. The molecule has 0 amide bonds. The lowest BCUT2D eigenvalue weighted by molar-refractivity contribution is -0.384. The molecule has 0 unspecified atom stereocenters. The fourth-order valence-corrected chi connectivity index (χ4v) is 1.67. The van der Waals surface area contributed by atoms with Crippen molar-refractivity contribution in [2.24, 2.45) is 0 Å². The first-order valence-corrected chi connectivity index (χ1v) is 5.81. The highest BCUT2D eigenvalue weighted by Gasteiger charge is 2.17. The van der Waals surface area contributed by atoms with E-state index in [4.69, 9.17) is 21.6 Å². The van der Waals surface area contributed by atoms with Crippen LogP contribution in [0.1, 0.15) is 5.56 Å². The van der Waals surface area contributed by atoms with Gasteiger partial charge in [0.1, 0.15) is 0 Å². The zero-order chi connectivity index (χ0) is 15.6. The summed E-state index contributed by atoms with van der Waals surface area (Å²) in [5.74, 6) is -3.30. The summed E-state index contributed by atoms with van der Waals surface area (Å²) in [6.45, 7) is 0. The van der Waals surface area contributed by atoms with E-state index >= 15 is 0 Å². The third-order valence-corrected chi connectivity index (χ3v) is 2.78. The average molecular weight is 311 g/mol. The van der Waals surface area contributed by atoms with E-state index in [-0.39, 0.29) is 22.0 Å². The van der Waals surface area contributed by atoms with Crippen molar-refractivity contribution < 1.29 is 18.4 Å². The number of hydrogen-bond acceptors (Lipinski definition) is 4. The second-order valence-electron chi connectivity index (χ2n) is 3.85. The van der Waals surface area contributed by atoms with E-state index in [0.717, 1.165) is 24.3 Å². The zero-order valence-corrected chi connectivity index (χ0v) is 10.9. The maximum Gasteiger partial charge on any atom is 0.273 e. The van der Waals surface area contributed by atoms with Gasteiger partial charge in [-0.15, -0.1) is 0 Å². The molecule has 0 aromatic heterocycles. The van der Waals surface area contributed by atoms with Gasteiger partial charge in [-0.25, -0.2) is 8.78 Å². The van der Waals surface area contributed by atoms with Crippen molar-refractivity contribution in [2.45, 2.75) is 0 Å². The Balaban J connectivity index is 2.46. The molecular formula is C13H5ClF2N2O3. The minimum atomic E-state index is -1.12. The molecule has 0 saturated carbocycles. The van der Waals surface area contributed by atoms with Gasteiger partial charge in [0.2, 0.25) is 0 Å².